The van der Waals surface area contributed by atoms with Gasteiger partial charge in [0.2, 0.25) is 0 Å². The summed E-state index contributed by atoms with van der Waals surface area (Å²) >= 11 is 0. The van der Waals surface area contributed by atoms with E-state index in [2.05, 4.69) is 36.4 Å². The van der Waals surface area contributed by atoms with E-state index in [0.717, 1.165) is 12.5 Å². The average molecular weight is 256 g/mol. The molecular weight excluding hydrogens is 228 g/mol. The molecule has 0 saturated heterocycles. The molecule has 1 rings (SSSR count). The van der Waals surface area contributed by atoms with Crippen LogP contribution in [-0.2, 0) is 0 Å². The molecule has 0 radical (unpaired) electrons. The lowest BCUT2D eigenvalue weighted by Gasteiger charge is -2.46. The van der Waals surface area contributed by atoms with Crippen molar-refractivity contribution in [1.82, 2.24) is 10.2 Å². The van der Waals surface area contributed by atoms with E-state index < -0.39 is 0 Å². The van der Waals surface area contributed by atoms with Gasteiger partial charge in [-0.2, -0.15) is 0 Å². The van der Waals surface area contributed by atoms with Gasteiger partial charge in [-0.05, 0) is 39.8 Å². The number of nitrogens with zero attached hydrogens (tertiary/aromatic N) is 2. The number of likely N-dealkylation sites (N-methyl/N-ethyl adjacent to an activating group) is 1. The summed E-state index contributed by atoms with van der Waals surface area (Å²) in [5, 5.41) is 15.1. The van der Waals surface area contributed by atoms with Crippen LogP contribution in [0.25, 0.3) is 0 Å². The van der Waals surface area contributed by atoms with Crippen molar-refractivity contribution in [3.8, 4) is 0 Å². The Labute approximate surface area is 110 Å². The number of nitrogens with two attached hydrogens (primary N) is 1. The first-order chi connectivity index (χ1) is 8.41. The monoisotopic (exact) mass is 256 g/mol. The lowest BCUT2D eigenvalue weighted by molar-refractivity contribution is 0.0744. The molecule has 0 spiro atoms. The molecule has 0 aromatic heterocycles. The molecule has 1 aliphatic carbocycles. The maximum absolute atomic E-state index is 8.67. The third-order valence-electron chi connectivity index (χ3n) is 4.31. The van der Waals surface area contributed by atoms with Gasteiger partial charge in [0.05, 0.1) is 6.04 Å². The maximum Gasteiger partial charge on any atom is 0.156 e. The predicted octanol–water partition coefficient (Wildman–Crippen LogP) is 1.22. The quantitative estimate of drug-likeness (QED) is 0.299. The Balaban J connectivity index is 2.63. The van der Waals surface area contributed by atoms with Gasteiger partial charge in [0, 0.05) is 12.1 Å². The highest BCUT2D eigenvalue weighted by molar-refractivity contribution is 5.84. The topological polar surface area (TPSA) is 73.9 Å². The van der Waals surface area contributed by atoms with E-state index >= 15 is 0 Å². The largest absolute Gasteiger partial charge is 0.409 e. The molecule has 0 aromatic rings. The number of rotatable bonds is 5. The third kappa shape index (κ3) is 3.59. The lowest BCUT2D eigenvalue weighted by atomic mass is 9.75. The highest BCUT2D eigenvalue weighted by Gasteiger charge is 2.36. The van der Waals surface area contributed by atoms with Crippen molar-refractivity contribution in [1.29, 1.82) is 0 Å². The van der Waals surface area contributed by atoms with E-state index in [1.807, 2.05) is 6.92 Å². The van der Waals surface area contributed by atoms with Crippen molar-refractivity contribution < 1.29 is 5.21 Å². The number of oxime groups is 1. The van der Waals surface area contributed by atoms with Crippen LogP contribution in [0, 0.1) is 5.92 Å². The molecule has 106 valence electrons. The first kappa shape index (κ1) is 15.2. The minimum atomic E-state index is -0.0935. The molecule has 5 nitrogen and oxygen atoms in total. The maximum atomic E-state index is 8.67. The first-order valence-corrected chi connectivity index (χ1v) is 6.79. The fourth-order valence-corrected chi connectivity index (χ4v) is 2.89. The van der Waals surface area contributed by atoms with Gasteiger partial charge in [-0.15, -0.1) is 0 Å². The van der Waals surface area contributed by atoms with Gasteiger partial charge in [0.15, 0.2) is 5.84 Å². The summed E-state index contributed by atoms with van der Waals surface area (Å²) in [5.41, 5.74) is 5.80. The standard InChI is InChI=1S/C13H28N4O/c1-10-6-5-7-13(8-10,17(3)4)9-15-11(2)12(14)16-18/h10-11,15,18H,5-9H2,1-4H3,(H2,14,16). The molecule has 4 N–H and O–H groups in total. The highest BCUT2D eigenvalue weighted by Crippen LogP contribution is 2.35. The summed E-state index contributed by atoms with van der Waals surface area (Å²) in [4.78, 5) is 2.33. The van der Waals surface area contributed by atoms with Crippen LogP contribution in [0.15, 0.2) is 5.16 Å². The number of hydrogen-bond acceptors (Lipinski definition) is 4. The van der Waals surface area contributed by atoms with Gasteiger partial charge in [-0.25, -0.2) is 0 Å². The van der Waals surface area contributed by atoms with E-state index in [-0.39, 0.29) is 17.4 Å². The van der Waals surface area contributed by atoms with Crippen LogP contribution in [0.2, 0.25) is 0 Å². The minimum absolute atomic E-state index is 0.0935. The summed E-state index contributed by atoms with van der Waals surface area (Å²) in [7, 11) is 4.29. The molecule has 18 heavy (non-hydrogen) atoms. The smallest absolute Gasteiger partial charge is 0.156 e. The molecule has 0 aromatic carbocycles. The predicted molar refractivity (Wildman–Crippen MR) is 74.9 cm³/mol. The molecule has 3 unspecified atom stereocenters. The van der Waals surface area contributed by atoms with Crippen LogP contribution in [0.3, 0.4) is 0 Å². The fourth-order valence-electron chi connectivity index (χ4n) is 2.89. The molecule has 1 saturated carbocycles. The number of nitrogens with one attached hydrogen (secondary N) is 1. The zero-order chi connectivity index (χ0) is 13.8. The van der Waals surface area contributed by atoms with Crippen LogP contribution in [0.1, 0.15) is 39.5 Å². The van der Waals surface area contributed by atoms with Gasteiger partial charge in [0.25, 0.3) is 0 Å². The van der Waals surface area contributed by atoms with E-state index in [9.17, 15) is 0 Å². The van der Waals surface area contributed by atoms with Gasteiger partial charge < -0.3 is 21.2 Å². The summed E-state index contributed by atoms with van der Waals surface area (Å²) < 4.78 is 0. The third-order valence-corrected chi connectivity index (χ3v) is 4.31. The molecule has 0 bridgehead atoms. The molecule has 1 aliphatic rings. The molecule has 0 aliphatic heterocycles. The molecule has 5 heteroatoms. The molecular formula is C13H28N4O. The fraction of sp³-hybridized carbons (Fsp3) is 0.923. The molecule has 0 heterocycles. The van der Waals surface area contributed by atoms with Crippen molar-refractivity contribution in [2.75, 3.05) is 20.6 Å². The van der Waals surface area contributed by atoms with Crippen molar-refractivity contribution in [2.45, 2.75) is 51.1 Å². The second-order valence-corrected chi connectivity index (χ2v) is 5.95. The van der Waals surface area contributed by atoms with Crippen molar-refractivity contribution in [2.24, 2.45) is 16.8 Å². The van der Waals surface area contributed by atoms with Gasteiger partial charge in [-0.3, -0.25) is 0 Å². The van der Waals surface area contributed by atoms with Crippen molar-refractivity contribution in [3.63, 3.8) is 0 Å². The zero-order valence-corrected chi connectivity index (χ0v) is 12.1. The molecule has 0 amide bonds. The van der Waals surface area contributed by atoms with Gasteiger partial charge in [0.1, 0.15) is 0 Å². The second kappa shape index (κ2) is 6.38. The van der Waals surface area contributed by atoms with Crippen molar-refractivity contribution >= 4 is 5.84 Å². The Kier molecular flexibility index (Phi) is 5.41. The Morgan fingerprint density at radius 3 is 2.78 bits per heavy atom. The average Bonchev–Trinajstić information content (AvgIpc) is 2.34. The van der Waals surface area contributed by atoms with Gasteiger partial charge in [-0.1, -0.05) is 24.9 Å². The Morgan fingerprint density at radius 2 is 2.28 bits per heavy atom. The number of hydrogen-bond donors (Lipinski definition) is 3. The van der Waals surface area contributed by atoms with E-state index in [4.69, 9.17) is 10.9 Å². The van der Waals surface area contributed by atoms with Crippen LogP contribution in [-0.4, -0.2) is 48.2 Å². The van der Waals surface area contributed by atoms with E-state index in [1.54, 1.807) is 0 Å². The SMILES string of the molecule is CC1CCCC(CNC(C)/C(N)=N/O)(N(C)C)C1. The number of amidine groups is 1. The summed E-state index contributed by atoms with van der Waals surface area (Å²) in [5.74, 6) is 1.01. The first-order valence-electron chi connectivity index (χ1n) is 6.79. The second-order valence-electron chi connectivity index (χ2n) is 5.95. The van der Waals surface area contributed by atoms with Crippen LogP contribution in [0.4, 0.5) is 0 Å². The van der Waals surface area contributed by atoms with Gasteiger partial charge >= 0.3 is 0 Å². The summed E-state index contributed by atoms with van der Waals surface area (Å²) in [6.07, 6.45) is 5.01. The van der Waals surface area contributed by atoms with E-state index in [1.165, 1.54) is 25.7 Å². The van der Waals surface area contributed by atoms with Crippen molar-refractivity contribution in [3.05, 3.63) is 0 Å². The Morgan fingerprint density at radius 1 is 1.61 bits per heavy atom. The summed E-state index contributed by atoms with van der Waals surface area (Å²) in [6, 6.07) is -0.0935. The Bertz CT molecular complexity index is 293. The van der Waals surface area contributed by atoms with Crippen LogP contribution >= 0.6 is 0 Å². The summed E-state index contributed by atoms with van der Waals surface area (Å²) in [6.45, 7) is 5.12. The normalized spacial score (nSPS) is 31.6. The highest BCUT2D eigenvalue weighted by atomic mass is 16.4. The zero-order valence-electron chi connectivity index (χ0n) is 12.1. The molecule has 1 fully saturated rings. The van der Waals surface area contributed by atoms with Crippen LogP contribution in [0.5, 0.6) is 0 Å². The van der Waals surface area contributed by atoms with E-state index in [0.29, 0.717) is 0 Å². The lowest BCUT2D eigenvalue weighted by Crippen LogP contribution is -2.56. The Hall–Kier alpha value is -0.810. The molecule has 3 atom stereocenters. The van der Waals surface area contributed by atoms with Crippen LogP contribution < -0.4 is 11.1 Å². The minimum Gasteiger partial charge on any atom is -0.409 e.